The molecule has 0 aromatic carbocycles. The minimum Gasteiger partial charge on any atom is -0.379 e. The van der Waals surface area contributed by atoms with E-state index >= 15 is 0 Å². The van der Waals surface area contributed by atoms with Crippen LogP contribution in [0.2, 0.25) is 0 Å². The van der Waals surface area contributed by atoms with Crippen LogP contribution in [0.15, 0.2) is 4.99 Å². The maximum absolute atomic E-state index is 12.1. The van der Waals surface area contributed by atoms with E-state index in [0.29, 0.717) is 12.6 Å². The maximum Gasteiger partial charge on any atom is 0.243 e. The van der Waals surface area contributed by atoms with E-state index in [4.69, 9.17) is 4.74 Å². The molecule has 1 saturated carbocycles. The first-order valence-corrected chi connectivity index (χ1v) is 11.6. The largest absolute Gasteiger partial charge is 0.379 e. The summed E-state index contributed by atoms with van der Waals surface area (Å²) in [6.45, 7) is 9.29. The van der Waals surface area contributed by atoms with Crippen molar-refractivity contribution < 1.29 is 14.3 Å². The van der Waals surface area contributed by atoms with Crippen molar-refractivity contribution in [3.63, 3.8) is 0 Å². The smallest absolute Gasteiger partial charge is 0.243 e. The first-order chi connectivity index (χ1) is 15.0. The number of likely N-dealkylation sites (N-methyl/N-ethyl adjacent to an activating group) is 1. The first-order valence-electron chi connectivity index (χ1n) is 11.6. The molecule has 176 valence electrons. The molecule has 31 heavy (non-hydrogen) atoms. The van der Waals surface area contributed by atoms with Crippen LogP contribution in [-0.2, 0) is 14.3 Å². The van der Waals surface area contributed by atoms with Gasteiger partial charge in [-0.1, -0.05) is 0 Å². The van der Waals surface area contributed by atoms with E-state index in [0.717, 1.165) is 90.8 Å². The van der Waals surface area contributed by atoms with E-state index in [-0.39, 0.29) is 18.4 Å². The van der Waals surface area contributed by atoms with Gasteiger partial charge in [0, 0.05) is 66.0 Å². The monoisotopic (exact) mass is 437 g/mol. The van der Waals surface area contributed by atoms with Crippen molar-refractivity contribution in [3.05, 3.63) is 0 Å². The van der Waals surface area contributed by atoms with Crippen molar-refractivity contribution in [2.75, 3.05) is 92.8 Å². The van der Waals surface area contributed by atoms with Crippen molar-refractivity contribution in [2.24, 2.45) is 4.99 Å². The number of rotatable bonds is 9. The zero-order chi connectivity index (χ0) is 22.1. The van der Waals surface area contributed by atoms with Gasteiger partial charge in [0.1, 0.15) is 6.54 Å². The van der Waals surface area contributed by atoms with Gasteiger partial charge < -0.3 is 25.2 Å². The summed E-state index contributed by atoms with van der Waals surface area (Å²) in [6.07, 6.45) is 3.24. The van der Waals surface area contributed by atoms with Crippen LogP contribution in [0.1, 0.15) is 19.3 Å². The number of nitrogens with one attached hydrogen (secondary N) is 2. The number of hydrogen-bond donors (Lipinski definition) is 2. The molecule has 0 aromatic heterocycles. The van der Waals surface area contributed by atoms with Gasteiger partial charge in [-0.15, -0.1) is 0 Å². The van der Waals surface area contributed by atoms with Gasteiger partial charge in [-0.3, -0.25) is 19.4 Å². The second-order valence-electron chi connectivity index (χ2n) is 8.77. The zero-order valence-electron chi connectivity index (χ0n) is 19.1. The number of aliphatic imine (C=N–C) groups is 1. The third kappa shape index (κ3) is 8.62. The predicted molar refractivity (Wildman–Crippen MR) is 120 cm³/mol. The second kappa shape index (κ2) is 12.2. The Bertz CT molecular complexity index is 610. The minimum atomic E-state index is -0.0111. The second-order valence-corrected chi connectivity index (χ2v) is 8.77. The van der Waals surface area contributed by atoms with Crippen molar-refractivity contribution in [1.82, 2.24) is 30.2 Å². The molecule has 2 saturated heterocycles. The molecule has 3 aliphatic rings. The summed E-state index contributed by atoms with van der Waals surface area (Å²) in [4.78, 5) is 37.1. The van der Waals surface area contributed by atoms with Crippen molar-refractivity contribution in [3.8, 4) is 0 Å². The van der Waals surface area contributed by atoms with E-state index in [1.807, 2.05) is 0 Å². The molecule has 2 aliphatic heterocycles. The Labute approximate surface area is 185 Å². The number of hydrogen-bond acceptors (Lipinski definition) is 6. The average Bonchev–Trinajstić information content (AvgIpc) is 3.58. The fourth-order valence-corrected chi connectivity index (χ4v) is 3.70. The van der Waals surface area contributed by atoms with Gasteiger partial charge in [0.2, 0.25) is 11.8 Å². The number of carbonyl (C=O) groups is 2. The summed E-state index contributed by atoms with van der Waals surface area (Å²) in [7, 11) is 3.50. The van der Waals surface area contributed by atoms with Gasteiger partial charge >= 0.3 is 0 Å². The Kier molecular flexibility index (Phi) is 9.35. The minimum absolute atomic E-state index is 0.0111. The van der Waals surface area contributed by atoms with E-state index in [1.165, 1.54) is 0 Å². The first kappa shape index (κ1) is 23.7. The van der Waals surface area contributed by atoms with E-state index in [2.05, 4.69) is 30.3 Å². The number of carbonyl (C=O) groups excluding carboxylic acids is 2. The number of ether oxygens (including phenoxy) is 1. The highest BCUT2D eigenvalue weighted by Gasteiger charge is 2.26. The van der Waals surface area contributed by atoms with Gasteiger partial charge in [-0.25, -0.2) is 4.99 Å². The SMILES string of the molecule is CN(C)C(=O)CN=C(NCCCN1CCOCC1)N1CCN(CC(=O)NC2CC2)CC1. The van der Waals surface area contributed by atoms with Gasteiger partial charge in [-0.05, 0) is 25.8 Å². The van der Waals surface area contributed by atoms with Crippen molar-refractivity contribution >= 4 is 17.8 Å². The van der Waals surface area contributed by atoms with Crippen LogP contribution in [0, 0.1) is 0 Å². The summed E-state index contributed by atoms with van der Waals surface area (Å²) in [5.74, 6) is 0.907. The number of piperazine rings is 1. The van der Waals surface area contributed by atoms with Crippen LogP contribution >= 0.6 is 0 Å². The topological polar surface area (TPSA) is 92.8 Å². The molecular formula is C21H39N7O3. The summed E-state index contributed by atoms with van der Waals surface area (Å²) in [5.41, 5.74) is 0. The molecule has 0 aromatic rings. The molecule has 0 spiro atoms. The molecule has 10 nitrogen and oxygen atoms in total. The lowest BCUT2D eigenvalue weighted by Gasteiger charge is -2.36. The number of amides is 2. The fourth-order valence-electron chi connectivity index (χ4n) is 3.70. The Balaban J connectivity index is 1.44. The fraction of sp³-hybridized carbons (Fsp3) is 0.857. The van der Waals surface area contributed by atoms with Gasteiger partial charge in [0.25, 0.3) is 0 Å². The van der Waals surface area contributed by atoms with E-state index < -0.39 is 0 Å². The van der Waals surface area contributed by atoms with Gasteiger partial charge in [-0.2, -0.15) is 0 Å². The highest BCUT2D eigenvalue weighted by atomic mass is 16.5. The summed E-state index contributed by atoms with van der Waals surface area (Å²) < 4.78 is 5.40. The lowest BCUT2D eigenvalue weighted by molar-refractivity contribution is -0.127. The van der Waals surface area contributed by atoms with E-state index in [9.17, 15) is 9.59 Å². The number of nitrogens with zero attached hydrogens (tertiary/aromatic N) is 5. The standard InChI is InChI=1S/C21H39N7O3/c1-25(2)20(30)16-23-21(22-6-3-7-26-12-14-31-15-13-26)28-10-8-27(9-11-28)17-19(29)24-18-4-5-18/h18H,3-17H2,1-2H3,(H,22,23)(H,24,29). The van der Waals surface area contributed by atoms with E-state index in [1.54, 1.807) is 19.0 Å². The van der Waals surface area contributed by atoms with Crippen molar-refractivity contribution in [2.45, 2.75) is 25.3 Å². The number of morpholine rings is 1. The van der Waals surface area contributed by atoms with Gasteiger partial charge in [0.05, 0.1) is 19.8 Å². The average molecular weight is 438 g/mol. The van der Waals surface area contributed by atoms with Crippen LogP contribution in [0.5, 0.6) is 0 Å². The maximum atomic E-state index is 12.1. The lowest BCUT2D eigenvalue weighted by atomic mass is 10.3. The van der Waals surface area contributed by atoms with Crippen LogP contribution in [0.25, 0.3) is 0 Å². The Morgan fingerprint density at radius 2 is 1.74 bits per heavy atom. The third-order valence-electron chi connectivity index (χ3n) is 5.88. The van der Waals surface area contributed by atoms with Crippen molar-refractivity contribution in [1.29, 1.82) is 0 Å². The predicted octanol–water partition coefficient (Wildman–Crippen LogP) is -1.36. The van der Waals surface area contributed by atoms with Gasteiger partial charge in [0.15, 0.2) is 5.96 Å². The number of guanidine groups is 1. The molecule has 0 bridgehead atoms. The molecule has 0 radical (unpaired) electrons. The van der Waals surface area contributed by atoms with Crippen LogP contribution in [0.4, 0.5) is 0 Å². The van der Waals surface area contributed by atoms with Crippen LogP contribution in [0.3, 0.4) is 0 Å². The molecule has 2 heterocycles. The third-order valence-corrected chi connectivity index (χ3v) is 5.88. The normalized spacial score (nSPS) is 21.1. The molecule has 2 amide bonds. The summed E-state index contributed by atoms with van der Waals surface area (Å²) in [5, 5.41) is 6.52. The Morgan fingerprint density at radius 3 is 2.39 bits per heavy atom. The molecular weight excluding hydrogens is 398 g/mol. The molecule has 3 fully saturated rings. The highest BCUT2D eigenvalue weighted by molar-refractivity contribution is 5.85. The Hall–Kier alpha value is -1.91. The zero-order valence-corrected chi connectivity index (χ0v) is 19.1. The molecule has 10 heteroatoms. The van der Waals surface area contributed by atoms with Crippen LogP contribution in [-0.4, -0.2) is 136 Å². The highest BCUT2D eigenvalue weighted by Crippen LogP contribution is 2.18. The summed E-state index contributed by atoms with van der Waals surface area (Å²) >= 11 is 0. The van der Waals surface area contributed by atoms with Crippen LogP contribution < -0.4 is 10.6 Å². The molecule has 1 aliphatic carbocycles. The Morgan fingerprint density at radius 1 is 1.03 bits per heavy atom. The molecule has 0 unspecified atom stereocenters. The summed E-state index contributed by atoms with van der Waals surface area (Å²) in [6, 6.07) is 0.406. The molecule has 2 N–H and O–H groups in total. The molecule has 0 atom stereocenters. The lowest BCUT2D eigenvalue weighted by Crippen LogP contribution is -2.54. The molecule has 3 rings (SSSR count). The quantitative estimate of drug-likeness (QED) is 0.261.